The van der Waals surface area contributed by atoms with Crippen LogP contribution in [0.15, 0.2) is 23.8 Å². The molecule has 1 unspecified atom stereocenters. The molecule has 3 rings (SSSR count). The maximum Gasteiger partial charge on any atom is 0.224 e. The van der Waals surface area contributed by atoms with Gasteiger partial charge in [0.15, 0.2) is 0 Å². The summed E-state index contributed by atoms with van der Waals surface area (Å²) in [6.45, 7) is 4.30. The summed E-state index contributed by atoms with van der Waals surface area (Å²) >= 11 is 1.69. The van der Waals surface area contributed by atoms with Gasteiger partial charge in [0.05, 0.1) is 10.7 Å². The Balaban J connectivity index is 1.54. The Morgan fingerprint density at radius 1 is 1.52 bits per heavy atom. The zero-order valence-electron chi connectivity index (χ0n) is 12.2. The predicted molar refractivity (Wildman–Crippen MR) is 82.3 cm³/mol. The Labute approximate surface area is 128 Å². The van der Waals surface area contributed by atoms with Gasteiger partial charge in [0, 0.05) is 49.7 Å². The molecule has 0 radical (unpaired) electrons. The lowest BCUT2D eigenvalue weighted by Gasteiger charge is -2.32. The second kappa shape index (κ2) is 6.39. The molecule has 0 saturated carbocycles. The van der Waals surface area contributed by atoms with Crippen LogP contribution in [0.5, 0.6) is 0 Å². The number of carbonyl (C=O) groups is 1. The lowest BCUT2D eigenvalue weighted by Crippen LogP contribution is -2.39. The predicted octanol–water partition coefficient (Wildman–Crippen LogP) is 2.44. The maximum atomic E-state index is 12.4. The van der Waals surface area contributed by atoms with Crippen LogP contribution in [0.1, 0.15) is 35.9 Å². The van der Waals surface area contributed by atoms with Crippen molar-refractivity contribution in [1.82, 2.24) is 19.7 Å². The molecule has 1 aliphatic heterocycles. The third-order valence-corrected chi connectivity index (χ3v) is 4.84. The number of rotatable bonds is 4. The molecule has 0 bridgehead atoms. The molecule has 0 N–H and O–H groups in total. The molecular formula is C15H20N4OS. The van der Waals surface area contributed by atoms with Crippen LogP contribution in [0.2, 0.25) is 0 Å². The monoisotopic (exact) mass is 304 g/mol. The van der Waals surface area contributed by atoms with Crippen molar-refractivity contribution in [2.45, 2.75) is 38.6 Å². The molecule has 0 spiro atoms. The number of piperidine rings is 1. The van der Waals surface area contributed by atoms with Crippen LogP contribution in [0.4, 0.5) is 0 Å². The first-order valence-electron chi connectivity index (χ1n) is 7.39. The van der Waals surface area contributed by atoms with Crippen molar-refractivity contribution in [2.24, 2.45) is 0 Å². The Morgan fingerprint density at radius 2 is 2.43 bits per heavy atom. The van der Waals surface area contributed by atoms with Crippen molar-refractivity contribution in [3.63, 3.8) is 0 Å². The summed E-state index contributed by atoms with van der Waals surface area (Å²) in [7, 11) is 0. The van der Waals surface area contributed by atoms with Crippen LogP contribution in [0, 0.1) is 6.92 Å². The average molecular weight is 304 g/mol. The number of hydrogen-bond donors (Lipinski definition) is 0. The minimum Gasteiger partial charge on any atom is -0.342 e. The van der Waals surface area contributed by atoms with Gasteiger partial charge in [-0.15, -0.1) is 11.3 Å². The highest BCUT2D eigenvalue weighted by molar-refractivity contribution is 7.09. The second-order valence-corrected chi connectivity index (χ2v) is 6.45. The SMILES string of the molecule is Cc1ccn(CCC(=O)N2CCCC(c3nccs3)C2)n1. The van der Waals surface area contributed by atoms with E-state index < -0.39 is 0 Å². The molecule has 1 atom stereocenters. The van der Waals surface area contributed by atoms with E-state index in [9.17, 15) is 4.79 Å². The third-order valence-electron chi connectivity index (χ3n) is 3.90. The normalized spacial score (nSPS) is 18.9. The van der Waals surface area contributed by atoms with Crippen molar-refractivity contribution in [2.75, 3.05) is 13.1 Å². The fourth-order valence-electron chi connectivity index (χ4n) is 2.80. The van der Waals surface area contributed by atoms with Gasteiger partial charge in [0.2, 0.25) is 5.91 Å². The van der Waals surface area contributed by atoms with Crippen molar-refractivity contribution >= 4 is 17.2 Å². The number of aromatic nitrogens is 3. The summed E-state index contributed by atoms with van der Waals surface area (Å²) < 4.78 is 1.84. The van der Waals surface area contributed by atoms with Crippen LogP contribution in [0.3, 0.4) is 0 Å². The highest BCUT2D eigenvalue weighted by Crippen LogP contribution is 2.28. The second-order valence-electron chi connectivity index (χ2n) is 5.52. The summed E-state index contributed by atoms with van der Waals surface area (Å²) in [5, 5.41) is 7.49. The van der Waals surface area contributed by atoms with E-state index in [1.54, 1.807) is 11.3 Å². The molecule has 1 fully saturated rings. The van der Waals surface area contributed by atoms with Gasteiger partial charge in [-0.1, -0.05) is 0 Å². The van der Waals surface area contributed by atoms with E-state index in [4.69, 9.17) is 0 Å². The smallest absolute Gasteiger partial charge is 0.224 e. The number of amides is 1. The zero-order chi connectivity index (χ0) is 14.7. The average Bonchev–Trinajstić information content (AvgIpc) is 3.16. The first-order valence-corrected chi connectivity index (χ1v) is 8.27. The van der Waals surface area contributed by atoms with E-state index >= 15 is 0 Å². The van der Waals surface area contributed by atoms with E-state index in [1.807, 2.05) is 40.3 Å². The Kier molecular flexibility index (Phi) is 4.34. The molecule has 21 heavy (non-hydrogen) atoms. The van der Waals surface area contributed by atoms with Gasteiger partial charge in [0.1, 0.15) is 0 Å². The fraction of sp³-hybridized carbons (Fsp3) is 0.533. The fourth-order valence-corrected chi connectivity index (χ4v) is 3.57. The Bertz CT molecular complexity index is 593. The quantitative estimate of drug-likeness (QED) is 0.872. The lowest BCUT2D eigenvalue weighted by atomic mass is 9.98. The molecule has 2 aromatic heterocycles. The number of likely N-dealkylation sites (tertiary alicyclic amines) is 1. The summed E-state index contributed by atoms with van der Waals surface area (Å²) in [4.78, 5) is 18.7. The molecule has 0 aliphatic carbocycles. The summed E-state index contributed by atoms with van der Waals surface area (Å²) in [6.07, 6.45) is 6.50. The first kappa shape index (κ1) is 14.3. The van der Waals surface area contributed by atoms with Crippen LogP contribution in [-0.2, 0) is 11.3 Å². The minimum absolute atomic E-state index is 0.226. The highest BCUT2D eigenvalue weighted by Gasteiger charge is 2.25. The van der Waals surface area contributed by atoms with Crippen molar-refractivity contribution in [3.8, 4) is 0 Å². The standard InChI is InChI=1S/C15H20N4OS/c1-12-4-8-19(17-12)9-5-14(20)18-7-2-3-13(11-18)15-16-6-10-21-15/h4,6,8,10,13H,2-3,5,7,9,11H2,1H3. The molecule has 5 nitrogen and oxygen atoms in total. The van der Waals surface area contributed by atoms with E-state index in [2.05, 4.69) is 10.1 Å². The molecule has 1 amide bonds. The Hall–Kier alpha value is -1.69. The summed E-state index contributed by atoms with van der Waals surface area (Å²) in [6, 6.07) is 1.96. The molecule has 112 valence electrons. The van der Waals surface area contributed by atoms with Crippen LogP contribution >= 0.6 is 11.3 Å². The van der Waals surface area contributed by atoms with Gasteiger partial charge in [0.25, 0.3) is 0 Å². The van der Waals surface area contributed by atoms with Crippen molar-refractivity contribution in [1.29, 1.82) is 0 Å². The van der Waals surface area contributed by atoms with Gasteiger partial charge < -0.3 is 4.90 Å². The Morgan fingerprint density at radius 3 is 3.14 bits per heavy atom. The lowest BCUT2D eigenvalue weighted by molar-refractivity contribution is -0.132. The largest absolute Gasteiger partial charge is 0.342 e. The van der Waals surface area contributed by atoms with Crippen molar-refractivity contribution < 1.29 is 4.79 Å². The zero-order valence-corrected chi connectivity index (χ0v) is 13.1. The summed E-state index contributed by atoms with van der Waals surface area (Å²) in [5.74, 6) is 0.638. The van der Waals surface area contributed by atoms with Gasteiger partial charge in [-0.25, -0.2) is 4.98 Å². The molecule has 0 aromatic carbocycles. The van der Waals surface area contributed by atoms with Crippen LogP contribution < -0.4 is 0 Å². The van der Waals surface area contributed by atoms with Gasteiger partial charge in [-0.3, -0.25) is 9.48 Å². The van der Waals surface area contributed by atoms with Gasteiger partial charge in [-0.05, 0) is 25.8 Å². The molecule has 3 heterocycles. The number of nitrogens with zero attached hydrogens (tertiary/aromatic N) is 4. The van der Waals surface area contributed by atoms with E-state index in [0.29, 0.717) is 18.9 Å². The maximum absolute atomic E-state index is 12.4. The number of thiazole rings is 1. The highest BCUT2D eigenvalue weighted by atomic mass is 32.1. The van der Waals surface area contributed by atoms with E-state index in [-0.39, 0.29) is 5.91 Å². The first-order chi connectivity index (χ1) is 10.2. The molecule has 6 heteroatoms. The minimum atomic E-state index is 0.226. The van der Waals surface area contributed by atoms with Crippen LogP contribution in [-0.4, -0.2) is 38.7 Å². The number of carbonyl (C=O) groups excluding carboxylic acids is 1. The van der Waals surface area contributed by atoms with Crippen LogP contribution in [0.25, 0.3) is 0 Å². The molecule has 2 aromatic rings. The topological polar surface area (TPSA) is 51.0 Å². The molecule has 1 aliphatic rings. The number of aryl methyl sites for hydroxylation is 2. The third kappa shape index (κ3) is 3.50. The molecule has 1 saturated heterocycles. The van der Waals surface area contributed by atoms with Crippen molar-refractivity contribution in [3.05, 3.63) is 34.5 Å². The molecular weight excluding hydrogens is 284 g/mol. The van der Waals surface area contributed by atoms with Gasteiger partial charge >= 0.3 is 0 Å². The van der Waals surface area contributed by atoms with Gasteiger partial charge in [-0.2, -0.15) is 5.10 Å². The number of hydrogen-bond acceptors (Lipinski definition) is 4. The van der Waals surface area contributed by atoms with E-state index in [0.717, 1.165) is 36.6 Å². The van der Waals surface area contributed by atoms with E-state index in [1.165, 1.54) is 0 Å². The summed E-state index contributed by atoms with van der Waals surface area (Å²) in [5.41, 5.74) is 0.990.